The highest BCUT2D eigenvalue weighted by molar-refractivity contribution is 14.0. The third kappa shape index (κ3) is 7.83. The fourth-order valence-electron chi connectivity index (χ4n) is 1.93. The smallest absolute Gasteiger partial charge is 0.191 e. The summed E-state index contributed by atoms with van der Waals surface area (Å²) in [4.78, 5) is 8.84. The molecule has 0 spiro atoms. The Kier molecular flexibility index (Phi) is 9.78. The molecule has 0 atom stereocenters. The summed E-state index contributed by atoms with van der Waals surface area (Å²) in [6.45, 7) is 5.84. The first-order valence-electron chi connectivity index (χ1n) is 7.44. The van der Waals surface area contributed by atoms with E-state index in [1.807, 2.05) is 42.6 Å². The molecule has 6 heteroatoms. The molecule has 23 heavy (non-hydrogen) atoms. The average molecular weight is 426 g/mol. The van der Waals surface area contributed by atoms with Crippen molar-refractivity contribution in [3.63, 3.8) is 0 Å². The van der Waals surface area contributed by atoms with Crippen LogP contribution in [0, 0.1) is 0 Å². The Balaban J connectivity index is 0.00000264. The van der Waals surface area contributed by atoms with E-state index < -0.39 is 0 Å². The van der Waals surface area contributed by atoms with E-state index >= 15 is 0 Å². The van der Waals surface area contributed by atoms with Gasteiger partial charge in [-0.2, -0.15) is 0 Å². The SMILES string of the molecule is C=CCNC(=NCCc1ccco1)NCCc1ccccn1.I. The lowest BCUT2D eigenvalue weighted by Gasteiger charge is -2.11. The van der Waals surface area contributed by atoms with Crippen molar-refractivity contribution >= 4 is 29.9 Å². The van der Waals surface area contributed by atoms with Gasteiger partial charge < -0.3 is 15.1 Å². The second kappa shape index (κ2) is 11.7. The molecule has 0 fully saturated rings. The number of aromatic nitrogens is 1. The maximum atomic E-state index is 5.30. The predicted octanol–water partition coefficient (Wildman–Crippen LogP) is 2.80. The van der Waals surface area contributed by atoms with Gasteiger partial charge in [-0.15, -0.1) is 30.6 Å². The second-order valence-corrected chi connectivity index (χ2v) is 4.73. The van der Waals surface area contributed by atoms with Gasteiger partial charge in [-0.25, -0.2) is 0 Å². The first-order chi connectivity index (χ1) is 10.9. The lowest BCUT2D eigenvalue weighted by Crippen LogP contribution is -2.38. The van der Waals surface area contributed by atoms with Gasteiger partial charge in [0, 0.05) is 44.4 Å². The Bertz CT molecular complexity index is 570. The minimum Gasteiger partial charge on any atom is -0.469 e. The first-order valence-corrected chi connectivity index (χ1v) is 7.44. The standard InChI is InChI=1S/C17H22N4O.HI/c1-2-10-19-17(21-13-9-16-7-5-14-22-16)20-12-8-15-6-3-4-11-18-15;/h2-7,11,14H,1,8-10,12-13H2,(H2,19,20,21);1H. The number of rotatable bonds is 8. The summed E-state index contributed by atoms with van der Waals surface area (Å²) in [5, 5.41) is 6.51. The van der Waals surface area contributed by atoms with Crippen LogP contribution in [0.5, 0.6) is 0 Å². The molecule has 0 saturated heterocycles. The molecule has 124 valence electrons. The van der Waals surface area contributed by atoms with Crippen LogP contribution < -0.4 is 10.6 Å². The Labute approximate surface area is 154 Å². The molecule has 0 aromatic carbocycles. The summed E-state index contributed by atoms with van der Waals surface area (Å²) >= 11 is 0. The highest BCUT2D eigenvalue weighted by Gasteiger charge is 1.99. The van der Waals surface area contributed by atoms with Gasteiger partial charge in [-0.3, -0.25) is 9.98 Å². The molecule has 2 aromatic heterocycles. The lowest BCUT2D eigenvalue weighted by molar-refractivity contribution is 0.510. The van der Waals surface area contributed by atoms with Gasteiger partial charge in [0.25, 0.3) is 0 Å². The van der Waals surface area contributed by atoms with E-state index in [1.165, 1.54) is 0 Å². The van der Waals surface area contributed by atoms with Crippen LogP contribution in [0.15, 0.2) is 64.9 Å². The predicted molar refractivity (Wildman–Crippen MR) is 104 cm³/mol. The van der Waals surface area contributed by atoms with Crippen molar-refractivity contribution in [1.29, 1.82) is 0 Å². The first kappa shape index (κ1) is 19.2. The van der Waals surface area contributed by atoms with Gasteiger partial charge in [-0.1, -0.05) is 12.1 Å². The summed E-state index contributed by atoms with van der Waals surface area (Å²) < 4.78 is 5.30. The van der Waals surface area contributed by atoms with Crippen LogP contribution in [0.3, 0.4) is 0 Å². The quantitative estimate of drug-likeness (QED) is 0.295. The zero-order valence-corrected chi connectivity index (χ0v) is 15.4. The minimum absolute atomic E-state index is 0. The van der Waals surface area contributed by atoms with E-state index in [4.69, 9.17) is 4.42 Å². The Morgan fingerprint density at radius 3 is 2.83 bits per heavy atom. The molecule has 0 amide bonds. The molecular formula is C17H23IN4O. The summed E-state index contributed by atoms with van der Waals surface area (Å²) in [5.41, 5.74) is 1.06. The number of halogens is 1. The van der Waals surface area contributed by atoms with Gasteiger partial charge in [0.1, 0.15) is 5.76 Å². The number of guanidine groups is 1. The fraction of sp³-hybridized carbons (Fsp3) is 0.294. The third-order valence-electron chi connectivity index (χ3n) is 3.02. The van der Waals surface area contributed by atoms with E-state index in [2.05, 4.69) is 27.2 Å². The number of nitrogens with one attached hydrogen (secondary N) is 2. The van der Waals surface area contributed by atoms with Crippen LogP contribution in [0.25, 0.3) is 0 Å². The highest BCUT2D eigenvalue weighted by Crippen LogP contribution is 2.00. The Morgan fingerprint density at radius 1 is 1.22 bits per heavy atom. The number of aliphatic imine (C=N–C) groups is 1. The van der Waals surface area contributed by atoms with Crippen LogP contribution in [0.4, 0.5) is 0 Å². The Morgan fingerprint density at radius 2 is 2.13 bits per heavy atom. The van der Waals surface area contributed by atoms with Gasteiger partial charge in [0.15, 0.2) is 5.96 Å². The minimum atomic E-state index is 0. The molecule has 0 unspecified atom stereocenters. The van der Waals surface area contributed by atoms with E-state index in [1.54, 1.807) is 6.26 Å². The highest BCUT2D eigenvalue weighted by atomic mass is 127. The molecule has 0 radical (unpaired) electrons. The van der Waals surface area contributed by atoms with Crippen molar-refractivity contribution in [2.75, 3.05) is 19.6 Å². The third-order valence-corrected chi connectivity index (χ3v) is 3.02. The molecule has 0 saturated carbocycles. The average Bonchev–Trinajstić information content (AvgIpc) is 3.06. The molecule has 2 heterocycles. The van der Waals surface area contributed by atoms with Crippen LogP contribution in [0.2, 0.25) is 0 Å². The molecular weight excluding hydrogens is 403 g/mol. The van der Waals surface area contributed by atoms with Crippen LogP contribution in [0.1, 0.15) is 11.5 Å². The van der Waals surface area contributed by atoms with E-state index in [0.29, 0.717) is 13.1 Å². The van der Waals surface area contributed by atoms with Crippen molar-refractivity contribution in [2.45, 2.75) is 12.8 Å². The number of nitrogens with zero attached hydrogens (tertiary/aromatic N) is 2. The molecule has 2 N–H and O–H groups in total. The molecule has 2 rings (SSSR count). The molecule has 5 nitrogen and oxygen atoms in total. The van der Waals surface area contributed by atoms with Crippen LogP contribution in [-0.4, -0.2) is 30.6 Å². The van der Waals surface area contributed by atoms with Gasteiger partial charge in [-0.05, 0) is 24.3 Å². The molecule has 2 aromatic rings. The monoisotopic (exact) mass is 426 g/mol. The van der Waals surface area contributed by atoms with Crippen molar-refractivity contribution in [1.82, 2.24) is 15.6 Å². The number of pyridine rings is 1. The molecule has 0 bridgehead atoms. The lowest BCUT2D eigenvalue weighted by atomic mass is 10.3. The number of hydrogen-bond donors (Lipinski definition) is 2. The number of hydrogen-bond acceptors (Lipinski definition) is 3. The second-order valence-electron chi connectivity index (χ2n) is 4.73. The summed E-state index contributed by atoms with van der Waals surface area (Å²) in [7, 11) is 0. The number of furan rings is 1. The zero-order chi connectivity index (χ0) is 15.5. The summed E-state index contributed by atoms with van der Waals surface area (Å²) in [6, 6.07) is 9.79. The van der Waals surface area contributed by atoms with Gasteiger partial charge >= 0.3 is 0 Å². The van der Waals surface area contributed by atoms with Crippen molar-refractivity contribution in [2.24, 2.45) is 4.99 Å². The largest absolute Gasteiger partial charge is 0.469 e. The van der Waals surface area contributed by atoms with Crippen molar-refractivity contribution < 1.29 is 4.42 Å². The van der Waals surface area contributed by atoms with E-state index in [0.717, 1.165) is 36.8 Å². The molecule has 0 aliphatic carbocycles. The Hall–Kier alpha value is -1.83. The maximum absolute atomic E-state index is 5.30. The molecule has 0 aliphatic heterocycles. The van der Waals surface area contributed by atoms with Crippen LogP contribution >= 0.6 is 24.0 Å². The van der Waals surface area contributed by atoms with Crippen molar-refractivity contribution in [3.05, 3.63) is 66.9 Å². The van der Waals surface area contributed by atoms with E-state index in [-0.39, 0.29) is 24.0 Å². The van der Waals surface area contributed by atoms with Gasteiger partial charge in [0.2, 0.25) is 0 Å². The molecule has 0 aliphatic rings. The zero-order valence-electron chi connectivity index (χ0n) is 13.1. The fourth-order valence-corrected chi connectivity index (χ4v) is 1.93. The topological polar surface area (TPSA) is 62.5 Å². The van der Waals surface area contributed by atoms with Gasteiger partial charge in [0.05, 0.1) is 6.26 Å². The normalized spacial score (nSPS) is 10.7. The summed E-state index contributed by atoms with van der Waals surface area (Å²) in [6.07, 6.45) is 6.94. The van der Waals surface area contributed by atoms with Crippen molar-refractivity contribution in [3.8, 4) is 0 Å². The maximum Gasteiger partial charge on any atom is 0.191 e. The van der Waals surface area contributed by atoms with Crippen LogP contribution in [-0.2, 0) is 12.8 Å². The summed E-state index contributed by atoms with van der Waals surface area (Å²) in [5.74, 6) is 1.72. The van der Waals surface area contributed by atoms with E-state index in [9.17, 15) is 0 Å².